The average molecular weight is 593 g/mol. The van der Waals surface area contributed by atoms with Gasteiger partial charge in [0.25, 0.3) is 11.8 Å². The Morgan fingerprint density at radius 1 is 0.952 bits per heavy atom. The van der Waals surface area contributed by atoms with Crippen LogP contribution in [-0.4, -0.2) is 60.7 Å². The highest BCUT2D eigenvalue weighted by Gasteiger charge is 2.24. The second kappa shape index (κ2) is 17.8. The average Bonchev–Trinajstić information content (AvgIpc) is 3.00. The molecule has 0 aliphatic rings. The van der Waals surface area contributed by atoms with Crippen LogP contribution in [0, 0.1) is 11.3 Å². The third kappa shape index (κ3) is 10.2. The molecule has 0 aliphatic heterocycles. The van der Waals surface area contributed by atoms with Crippen molar-refractivity contribution >= 4 is 24.2 Å². The van der Waals surface area contributed by atoms with Crippen LogP contribution in [-0.2, 0) is 13.0 Å². The molecule has 0 aromatic heterocycles. The Morgan fingerprint density at radius 2 is 1.62 bits per heavy atom. The van der Waals surface area contributed by atoms with Crippen molar-refractivity contribution in [2.75, 3.05) is 26.7 Å². The van der Waals surface area contributed by atoms with Crippen molar-refractivity contribution in [2.24, 2.45) is 0 Å². The Bertz CT molecular complexity index is 1320. The summed E-state index contributed by atoms with van der Waals surface area (Å²) in [4.78, 5) is 28.5. The molecule has 0 fully saturated rings. The molecule has 9 heteroatoms. The summed E-state index contributed by atoms with van der Waals surface area (Å²) in [5, 5.41) is 27.0. The molecule has 3 aromatic carbocycles. The van der Waals surface area contributed by atoms with Crippen molar-refractivity contribution in [2.45, 2.75) is 51.8 Å². The monoisotopic (exact) mass is 592 g/mol. The minimum absolute atomic E-state index is 0. The molecule has 42 heavy (non-hydrogen) atoms. The van der Waals surface area contributed by atoms with E-state index in [4.69, 9.17) is 4.74 Å². The Hall–Kier alpha value is -3.90. The Labute approximate surface area is 255 Å². The molecule has 0 heterocycles. The maximum Gasteiger partial charge on any atom is 0.253 e. The molecule has 3 N–H and O–H groups in total. The topological polar surface area (TPSA) is 115 Å². The number of carbonyl (C=O) groups is 2. The van der Waals surface area contributed by atoms with E-state index in [0.29, 0.717) is 31.6 Å². The number of carbonyl (C=O) groups excluding carboxylic acids is 2. The van der Waals surface area contributed by atoms with Crippen molar-refractivity contribution < 1.29 is 19.4 Å². The minimum Gasteiger partial charge on any atom is -0.497 e. The van der Waals surface area contributed by atoms with Crippen LogP contribution in [0.4, 0.5) is 0 Å². The van der Waals surface area contributed by atoms with Gasteiger partial charge in [-0.05, 0) is 60.7 Å². The van der Waals surface area contributed by atoms with E-state index in [9.17, 15) is 20.0 Å². The van der Waals surface area contributed by atoms with Crippen LogP contribution in [0.1, 0.15) is 64.1 Å². The summed E-state index contributed by atoms with van der Waals surface area (Å²) < 4.78 is 5.28. The molecule has 0 saturated carbocycles. The van der Waals surface area contributed by atoms with Crippen molar-refractivity contribution in [3.05, 3.63) is 101 Å². The number of hydrogen-bond donors (Lipinski definition) is 3. The van der Waals surface area contributed by atoms with Crippen molar-refractivity contribution in [3.8, 4) is 11.8 Å². The first-order chi connectivity index (χ1) is 19.9. The van der Waals surface area contributed by atoms with E-state index in [1.54, 1.807) is 12.0 Å². The summed E-state index contributed by atoms with van der Waals surface area (Å²) in [6, 6.07) is 23.3. The SMILES string of the molecule is CCCN(CCC)C(=O)c1cc(C#N)cc(C(=O)N[C@@H](Cc2ccccc2)[C@H](O)CNCc2cccc(OC)c2)c1.Cl. The number of rotatable bonds is 15. The van der Waals surface area contributed by atoms with Crippen LogP contribution >= 0.6 is 12.4 Å². The molecule has 224 valence electrons. The first-order valence-corrected chi connectivity index (χ1v) is 14.1. The number of methoxy groups -OCH3 is 1. The van der Waals surface area contributed by atoms with Crippen molar-refractivity contribution in [1.82, 2.24) is 15.5 Å². The number of hydrogen-bond acceptors (Lipinski definition) is 6. The molecule has 0 aliphatic carbocycles. The van der Waals surface area contributed by atoms with Gasteiger partial charge in [-0.15, -0.1) is 12.4 Å². The molecular weight excluding hydrogens is 552 g/mol. The molecular formula is C33H41ClN4O4. The second-order valence-electron chi connectivity index (χ2n) is 10.0. The van der Waals surface area contributed by atoms with E-state index in [1.165, 1.54) is 18.2 Å². The number of nitriles is 1. The molecule has 3 rings (SSSR count). The summed E-state index contributed by atoms with van der Waals surface area (Å²) in [5.74, 6) is 0.0907. The van der Waals surface area contributed by atoms with E-state index in [1.807, 2.05) is 68.4 Å². The number of halogens is 1. The number of amides is 2. The summed E-state index contributed by atoms with van der Waals surface area (Å²) >= 11 is 0. The van der Waals surface area contributed by atoms with Crippen LogP contribution in [0.25, 0.3) is 0 Å². The summed E-state index contributed by atoms with van der Waals surface area (Å²) in [7, 11) is 1.62. The highest BCUT2D eigenvalue weighted by atomic mass is 35.5. The number of benzene rings is 3. The van der Waals surface area contributed by atoms with Crippen LogP contribution in [0.5, 0.6) is 5.75 Å². The highest BCUT2D eigenvalue weighted by Crippen LogP contribution is 2.16. The van der Waals surface area contributed by atoms with Gasteiger partial charge in [-0.25, -0.2) is 0 Å². The minimum atomic E-state index is -0.908. The lowest BCUT2D eigenvalue weighted by Gasteiger charge is -2.25. The van der Waals surface area contributed by atoms with Crippen LogP contribution in [0.2, 0.25) is 0 Å². The Kier molecular flexibility index (Phi) is 14.5. The van der Waals surface area contributed by atoms with Crippen LogP contribution < -0.4 is 15.4 Å². The highest BCUT2D eigenvalue weighted by molar-refractivity contribution is 6.00. The fourth-order valence-electron chi connectivity index (χ4n) is 4.68. The zero-order valence-corrected chi connectivity index (χ0v) is 25.3. The van der Waals surface area contributed by atoms with Crippen molar-refractivity contribution in [1.29, 1.82) is 5.26 Å². The Morgan fingerprint density at radius 3 is 2.26 bits per heavy atom. The van der Waals surface area contributed by atoms with Crippen LogP contribution in [0.15, 0.2) is 72.8 Å². The van der Waals surface area contributed by atoms with Gasteiger partial charge in [-0.2, -0.15) is 5.26 Å². The van der Waals surface area contributed by atoms with E-state index >= 15 is 0 Å². The molecule has 0 spiro atoms. The van der Waals surface area contributed by atoms with E-state index < -0.39 is 18.1 Å². The van der Waals surface area contributed by atoms with Crippen LogP contribution in [0.3, 0.4) is 0 Å². The van der Waals surface area contributed by atoms with Gasteiger partial charge in [0.1, 0.15) is 5.75 Å². The molecule has 8 nitrogen and oxygen atoms in total. The van der Waals surface area contributed by atoms with Gasteiger partial charge in [0, 0.05) is 37.3 Å². The Balaban J connectivity index is 0.00000616. The summed E-state index contributed by atoms with van der Waals surface area (Å²) in [5.41, 5.74) is 2.70. The predicted molar refractivity (Wildman–Crippen MR) is 167 cm³/mol. The number of aliphatic hydroxyl groups is 1. The fraction of sp³-hybridized carbons (Fsp3) is 0.364. The quantitative estimate of drug-likeness (QED) is 0.235. The molecule has 3 aromatic rings. The standard InChI is InChI=1S/C33H40N4O4.ClH/c1-4-14-37(15-5-2)33(40)28-17-26(21-34)16-27(20-28)32(39)36-30(19-24-10-7-6-8-11-24)31(38)23-35-22-25-12-9-13-29(18-25)41-3;/h6-13,16-18,20,30-31,35,38H,4-5,14-15,19,22-23H2,1-3H3,(H,36,39);1H/t30-,31+;/m0./s1. The maximum atomic E-state index is 13.5. The van der Waals surface area contributed by atoms with E-state index in [-0.39, 0.29) is 36.0 Å². The lowest BCUT2D eigenvalue weighted by molar-refractivity contribution is 0.0755. The number of nitrogens with zero attached hydrogens (tertiary/aromatic N) is 2. The number of nitrogens with one attached hydrogen (secondary N) is 2. The zero-order chi connectivity index (χ0) is 29.6. The van der Waals surface area contributed by atoms with Gasteiger partial charge in [0.05, 0.1) is 30.9 Å². The molecule has 0 bridgehead atoms. The molecule has 2 atom stereocenters. The maximum absolute atomic E-state index is 13.5. The lowest BCUT2D eigenvalue weighted by atomic mass is 9.99. The molecule has 0 saturated heterocycles. The first-order valence-electron chi connectivity index (χ1n) is 14.1. The van der Waals surface area contributed by atoms with Gasteiger partial charge >= 0.3 is 0 Å². The number of ether oxygens (including phenoxy) is 1. The molecule has 0 radical (unpaired) electrons. The molecule has 2 amide bonds. The van der Waals surface area contributed by atoms with Gasteiger partial charge in [0.15, 0.2) is 0 Å². The fourth-order valence-corrected chi connectivity index (χ4v) is 4.68. The summed E-state index contributed by atoms with van der Waals surface area (Å²) in [6.45, 7) is 5.95. The first kappa shape index (κ1) is 34.3. The second-order valence-corrected chi connectivity index (χ2v) is 10.0. The summed E-state index contributed by atoms with van der Waals surface area (Å²) in [6.07, 6.45) is 1.11. The lowest BCUT2D eigenvalue weighted by Crippen LogP contribution is -2.48. The van der Waals surface area contributed by atoms with Crippen molar-refractivity contribution in [3.63, 3.8) is 0 Å². The number of aliphatic hydroxyl groups excluding tert-OH is 1. The normalized spacial score (nSPS) is 11.9. The predicted octanol–water partition coefficient (Wildman–Crippen LogP) is 4.74. The van der Waals surface area contributed by atoms with Gasteiger partial charge in [0.2, 0.25) is 0 Å². The third-order valence-corrected chi connectivity index (χ3v) is 6.74. The van der Waals surface area contributed by atoms with E-state index in [2.05, 4.69) is 16.7 Å². The van der Waals surface area contributed by atoms with E-state index in [0.717, 1.165) is 29.7 Å². The van der Waals surface area contributed by atoms with Gasteiger partial charge in [-0.1, -0.05) is 56.3 Å². The molecule has 0 unspecified atom stereocenters. The smallest absolute Gasteiger partial charge is 0.253 e. The third-order valence-electron chi connectivity index (χ3n) is 6.74. The van der Waals surface area contributed by atoms with Gasteiger partial charge < -0.3 is 25.4 Å². The van der Waals surface area contributed by atoms with Gasteiger partial charge in [-0.3, -0.25) is 9.59 Å². The zero-order valence-electron chi connectivity index (χ0n) is 24.5. The largest absolute Gasteiger partial charge is 0.497 e.